The minimum absolute atomic E-state index is 0.0128. The maximum Gasteiger partial charge on any atom is 0.283 e. The van der Waals surface area contributed by atoms with Gasteiger partial charge in [-0.15, -0.1) is 6.58 Å². The van der Waals surface area contributed by atoms with Crippen molar-refractivity contribution in [1.82, 2.24) is 9.80 Å². The fourth-order valence-electron chi connectivity index (χ4n) is 5.47. The highest BCUT2D eigenvalue weighted by molar-refractivity contribution is 5.95. The van der Waals surface area contributed by atoms with Gasteiger partial charge in [0.1, 0.15) is 0 Å². The molecule has 1 saturated heterocycles. The maximum atomic E-state index is 14.4. The summed E-state index contributed by atoms with van der Waals surface area (Å²) < 4.78 is 28.8. The van der Waals surface area contributed by atoms with Gasteiger partial charge in [0, 0.05) is 30.1 Å². The van der Waals surface area contributed by atoms with Crippen LogP contribution in [0.1, 0.15) is 80.6 Å². The average Bonchev–Trinajstić information content (AvgIpc) is 3.45. The molecule has 32 heavy (non-hydrogen) atoms. The summed E-state index contributed by atoms with van der Waals surface area (Å²) >= 11 is 0. The van der Waals surface area contributed by atoms with Crippen LogP contribution in [0.5, 0.6) is 0 Å². The number of carbonyl (C=O) groups is 1. The molecule has 1 amide bonds. The molecular formula is C26H36F2N2O2. The second-order valence-electron chi connectivity index (χ2n) is 10.00. The average molecular weight is 447 g/mol. The molecule has 1 heterocycles. The Morgan fingerprint density at radius 1 is 1.09 bits per heavy atom. The molecule has 2 saturated carbocycles. The first-order chi connectivity index (χ1) is 15.2. The maximum absolute atomic E-state index is 14.4. The number of allylic oxidation sites excluding steroid dienone is 1. The van der Waals surface area contributed by atoms with E-state index in [2.05, 4.69) is 16.4 Å². The predicted octanol–water partition coefficient (Wildman–Crippen LogP) is 5.12. The molecule has 176 valence electrons. The number of halogens is 2. The topological polar surface area (TPSA) is 43.8 Å². The summed E-state index contributed by atoms with van der Waals surface area (Å²) in [5.41, 5.74) is -1.72. The smallest absolute Gasteiger partial charge is 0.283 e. The van der Waals surface area contributed by atoms with Crippen LogP contribution in [0.4, 0.5) is 8.78 Å². The third-order valence-corrected chi connectivity index (χ3v) is 7.70. The van der Waals surface area contributed by atoms with Crippen molar-refractivity contribution in [1.29, 1.82) is 0 Å². The van der Waals surface area contributed by atoms with Crippen LogP contribution in [0.15, 0.2) is 36.9 Å². The monoisotopic (exact) mass is 446 g/mol. The van der Waals surface area contributed by atoms with Gasteiger partial charge in [-0.05, 0) is 89.1 Å². The molecule has 1 N–H and O–H groups in total. The minimum Gasteiger partial charge on any atom is -0.379 e. The van der Waals surface area contributed by atoms with Crippen LogP contribution in [0.2, 0.25) is 0 Å². The number of rotatable bonds is 8. The van der Waals surface area contributed by atoms with Crippen LogP contribution >= 0.6 is 0 Å². The van der Waals surface area contributed by atoms with Gasteiger partial charge in [-0.3, -0.25) is 4.79 Å². The zero-order valence-corrected chi connectivity index (χ0v) is 19.1. The molecule has 2 aliphatic carbocycles. The van der Waals surface area contributed by atoms with E-state index in [0.29, 0.717) is 17.6 Å². The fourth-order valence-corrected chi connectivity index (χ4v) is 5.47. The Kier molecular flexibility index (Phi) is 6.73. The van der Waals surface area contributed by atoms with Crippen LogP contribution in [-0.4, -0.2) is 58.0 Å². The Hall–Kier alpha value is -1.79. The number of carbonyl (C=O) groups excluding carboxylic acids is 1. The quantitative estimate of drug-likeness (QED) is 0.564. The number of nitrogens with zero attached hydrogens (tertiary/aromatic N) is 2. The second-order valence-corrected chi connectivity index (χ2v) is 10.00. The van der Waals surface area contributed by atoms with E-state index >= 15 is 0 Å². The summed E-state index contributed by atoms with van der Waals surface area (Å²) in [6, 6.07) is 7.30. The van der Waals surface area contributed by atoms with Crippen molar-refractivity contribution >= 4 is 5.91 Å². The van der Waals surface area contributed by atoms with E-state index < -0.39 is 17.9 Å². The molecule has 1 aromatic rings. The van der Waals surface area contributed by atoms with Gasteiger partial charge < -0.3 is 14.9 Å². The lowest BCUT2D eigenvalue weighted by atomic mass is 9.86. The van der Waals surface area contributed by atoms with Crippen molar-refractivity contribution in [2.75, 3.05) is 13.1 Å². The van der Waals surface area contributed by atoms with E-state index in [0.717, 1.165) is 51.5 Å². The van der Waals surface area contributed by atoms with Gasteiger partial charge in [0.15, 0.2) is 5.60 Å². The molecule has 1 aliphatic heterocycles. The van der Waals surface area contributed by atoms with Crippen molar-refractivity contribution < 1.29 is 18.7 Å². The summed E-state index contributed by atoms with van der Waals surface area (Å²) in [6.07, 6.45) is 9.52. The van der Waals surface area contributed by atoms with Gasteiger partial charge in [0.25, 0.3) is 11.8 Å². The van der Waals surface area contributed by atoms with Crippen molar-refractivity contribution in [3.8, 4) is 0 Å². The van der Waals surface area contributed by atoms with Crippen molar-refractivity contribution in [3.63, 3.8) is 0 Å². The number of aliphatic hydroxyl groups is 1. The number of alkyl halides is 2. The molecule has 3 aliphatic rings. The highest BCUT2D eigenvalue weighted by atomic mass is 19.3. The Morgan fingerprint density at radius 2 is 1.62 bits per heavy atom. The Morgan fingerprint density at radius 3 is 2.12 bits per heavy atom. The van der Waals surface area contributed by atoms with Crippen LogP contribution in [0, 0.1) is 0 Å². The first kappa shape index (κ1) is 23.4. The van der Waals surface area contributed by atoms with Crippen molar-refractivity contribution in [2.24, 2.45) is 0 Å². The standard InChI is InChI=1S/C26H36F2N2O2/c1-3-16-26(27,28)25(2,32)20-8-6-19(7-9-20)24(31)30(23-14-15-23)22-12-10-21(11-13-22)29-17-4-5-18-29/h3,6-9,21-23,32H,1,4-5,10-18H2,2H3. The molecule has 0 radical (unpaired) electrons. The molecule has 4 nitrogen and oxygen atoms in total. The highest BCUT2D eigenvalue weighted by Crippen LogP contribution is 2.41. The SMILES string of the molecule is C=CCC(F)(F)C(C)(O)c1ccc(C(=O)N(C2CCC(N3CCCC3)CC2)C2CC2)cc1. The molecule has 3 fully saturated rings. The Balaban J connectivity index is 1.44. The Labute approximate surface area is 190 Å². The van der Waals surface area contributed by atoms with E-state index in [1.54, 1.807) is 12.1 Å². The molecule has 1 unspecified atom stereocenters. The minimum atomic E-state index is -3.34. The summed E-state index contributed by atoms with van der Waals surface area (Å²) in [7, 11) is 0. The van der Waals surface area contributed by atoms with Crippen LogP contribution < -0.4 is 0 Å². The molecule has 1 atom stereocenters. The molecular weight excluding hydrogens is 410 g/mol. The summed E-state index contributed by atoms with van der Waals surface area (Å²) in [5, 5.41) is 10.5. The summed E-state index contributed by atoms with van der Waals surface area (Å²) in [4.78, 5) is 18.1. The first-order valence-corrected chi connectivity index (χ1v) is 12.1. The number of hydrogen-bond acceptors (Lipinski definition) is 3. The van der Waals surface area contributed by atoms with Crippen LogP contribution in [0.25, 0.3) is 0 Å². The molecule has 0 spiro atoms. The third-order valence-electron chi connectivity index (χ3n) is 7.70. The van der Waals surface area contributed by atoms with Gasteiger partial charge in [-0.25, -0.2) is 8.78 Å². The van der Waals surface area contributed by atoms with E-state index in [1.165, 1.54) is 38.1 Å². The molecule has 4 rings (SSSR count). The number of likely N-dealkylation sites (tertiary alicyclic amines) is 1. The lowest BCUT2D eigenvalue weighted by molar-refractivity contribution is -0.175. The van der Waals surface area contributed by atoms with Crippen LogP contribution in [0.3, 0.4) is 0 Å². The highest BCUT2D eigenvalue weighted by Gasteiger charge is 2.49. The third kappa shape index (κ3) is 4.62. The molecule has 6 heteroatoms. The van der Waals surface area contributed by atoms with E-state index in [-0.39, 0.29) is 17.5 Å². The summed E-state index contributed by atoms with van der Waals surface area (Å²) in [6.45, 7) is 6.90. The summed E-state index contributed by atoms with van der Waals surface area (Å²) in [5.74, 6) is -3.35. The normalized spacial score (nSPS) is 26.5. The second kappa shape index (κ2) is 9.22. The first-order valence-electron chi connectivity index (χ1n) is 12.1. The number of amides is 1. The van der Waals surface area contributed by atoms with Gasteiger partial charge in [0.2, 0.25) is 0 Å². The molecule has 0 bridgehead atoms. The van der Waals surface area contributed by atoms with Gasteiger partial charge in [-0.1, -0.05) is 18.2 Å². The lowest BCUT2D eigenvalue weighted by Gasteiger charge is -2.40. The van der Waals surface area contributed by atoms with Crippen molar-refractivity contribution in [2.45, 2.75) is 94.4 Å². The number of benzene rings is 1. The molecule has 0 aromatic heterocycles. The molecule has 1 aromatic carbocycles. The van der Waals surface area contributed by atoms with Crippen molar-refractivity contribution in [3.05, 3.63) is 48.0 Å². The predicted molar refractivity (Wildman–Crippen MR) is 122 cm³/mol. The largest absolute Gasteiger partial charge is 0.379 e. The van der Waals surface area contributed by atoms with Crippen LogP contribution in [-0.2, 0) is 5.60 Å². The fraction of sp³-hybridized carbons (Fsp3) is 0.654. The van der Waals surface area contributed by atoms with Gasteiger partial charge >= 0.3 is 0 Å². The van der Waals surface area contributed by atoms with E-state index in [4.69, 9.17) is 0 Å². The van der Waals surface area contributed by atoms with E-state index in [9.17, 15) is 18.7 Å². The zero-order valence-electron chi connectivity index (χ0n) is 19.1. The Bertz CT molecular complexity index is 806. The van der Waals surface area contributed by atoms with Gasteiger partial charge in [-0.2, -0.15) is 0 Å². The van der Waals surface area contributed by atoms with E-state index in [1.807, 2.05) is 0 Å². The van der Waals surface area contributed by atoms with Gasteiger partial charge in [0.05, 0.1) is 0 Å². The number of hydrogen-bond donors (Lipinski definition) is 1. The lowest BCUT2D eigenvalue weighted by Crippen LogP contribution is -2.47. The zero-order chi connectivity index (χ0) is 22.9.